The van der Waals surface area contributed by atoms with E-state index >= 15 is 0 Å². The number of hydrogen-bond acceptors (Lipinski definition) is 7. The first kappa shape index (κ1) is 32.9. The molecule has 0 bridgehead atoms. The van der Waals surface area contributed by atoms with E-state index in [1.807, 2.05) is 17.5 Å². The zero-order valence-electron chi connectivity index (χ0n) is 25.5. The number of aliphatic hydroxyl groups is 1. The molecule has 1 aliphatic heterocycles. The average Bonchev–Trinajstić information content (AvgIpc) is 3.58. The summed E-state index contributed by atoms with van der Waals surface area (Å²) in [6, 6.07) is 9.91. The van der Waals surface area contributed by atoms with E-state index < -0.39 is 12.1 Å². The number of hydrogen-bond donors (Lipinski definition) is 2. The number of Topliss-reactive ketones (excluding diaryl/α,β-unsaturated/α-hetero) is 1. The lowest BCUT2D eigenvalue weighted by atomic mass is 9.83. The van der Waals surface area contributed by atoms with E-state index in [-0.39, 0.29) is 55.8 Å². The van der Waals surface area contributed by atoms with E-state index in [1.165, 1.54) is 24.2 Å². The first-order chi connectivity index (χ1) is 21.4. The van der Waals surface area contributed by atoms with Crippen molar-refractivity contribution in [1.82, 2.24) is 15.1 Å². The predicted octanol–water partition coefficient (Wildman–Crippen LogP) is 6.09. The fourth-order valence-electron chi connectivity index (χ4n) is 7.03. The molecule has 0 radical (unpaired) electrons. The van der Waals surface area contributed by atoms with Gasteiger partial charge >= 0.3 is 6.09 Å². The highest BCUT2D eigenvalue weighted by molar-refractivity contribution is 7.09. The van der Waals surface area contributed by atoms with Gasteiger partial charge in [-0.25, -0.2) is 4.79 Å². The van der Waals surface area contributed by atoms with Gasteiger partial charge < -0.3 is 25.0 Å². The lowest BCUT2D eigenvalue weighted by molar-refractivity contribution is -0.145. The van der Waals surface area contributed by atoms with Crippen molar-refractivity contribution in [3.05, 3.63) is 51.7 Å². The Balaban J connectivity index is 1.32. The van der Waals surface area contributed by atoms with Crippen LogP contribution in [0, 0.1) is 11.8 Å². The Kier molecular flexibility index (Phi) is 12.1. The number of ether oxygens (including phenoxy) is 1. The number of amides is 2. The second-order valence-corrected chi connectivity index (χ2v) is 14.1. The smallest absolute Gasteiger partial charge is 0.409 e. The number of nitrogens with zero attached hydrogens (tertiary/aromatic N) is 2. The average molecular weight is 644 g/mol. The van der Waals surface area contributed by atoms with E-state index in [4.69, 9.17) is 16.3 Å². The lowest BCUT2D eigenvalue weighted by Gasteiger charge is -2.43. The van der Waals surface area contributed by atoms with E-state index in [0.29, 0.717) is 29.7 Å². The van der Waals surface area contributed by atoms with Gasteiger partial charge in [0.25, 0.3) is 0 Å². The number of ketones is 1. The first-order valence-electron chi connectivity index (χ1n) is 16.3. The molecule has 3 fully saturated rings. The molecule has 10 heteroatoms. The van der Waals surface area contributed by atoms with Crippen LogP contribution in [0.25, 0.3) is 0 Å². The highest BCUT2D eigenvalue weighted by atomic mass is 35.5. The third-order valence-corrected chi connectivity index (χ3v) is 10.9. The van der Waals surface area contributed by atoms with Crippen LogP contribution in [0.15, 0.2) is 41.8 Å². The molecule has 2 atom stereocenters. The highest BCUT2D eigenvalue weighted by Crippen LogP contribution is 2.31. The van der Waals surface area contributed by atoms with Crippen LogP contribution in [-0.4, -0.2) is 77.1 Å². The molecular formula is C34H46ClN3O5S. The number of rotatable bonds is 11. The standard InChI is InChI=1S/C34H46ClN3O5S/c35-28-10-4-5-11-32(28)43-34(42)37-18-19-38(30(22-37)31(40)17-16-27-9-6-20-44-27)33(41)29(21-24-7-2-1-3-8-24)36-26-14-12-25(23-39)13-15-26/h4-6,9-11,20,24-26,29-30,36,39H,1-3,7-8,12-19,21-23H2/t25?,26?,29-,30+/m1/s1. The van der Waals surface area contributed by atoms with Crippen molar-refractivity contribution in [1.29, 1.82) is 0 Å². The molecule has 0 unspecified atom stereocenters. The number of aryl methyl sites for hydroxylation is 1. The fourth-order valence-corrected chi connectivity index (χ4v) is 7.92. The van der Waals surface area contributed by atoms with Crippen LogP contribution in [0.2, 0.25) is 5.02 Å². The number of halogens is 1. The zero-order valence-corrected chi connectivity index (χ0v) is 27.1. The number of carbonyl (C=O) groups is 3. The van der Waals surface area contributed by atoms with Crippen molar-refractivity contribution in [3.8, 4) is 5.75 Å². The molecule has 1 aromatic heterocycles. The molecule has 2 heterocycles. The number of benzene rings is 1. The number of carbonyl (C=O) groups excluding carboxylic acids is 3. The molecule has 2 aromatic rings. The molecule has 44 heavy (non-hydrogen) atoms. The molecule has 1 aromatic carbocycles. The second kappa shape index (κ2) is 16.2. The minimum absolute atomic E-state index is 0.0338. The predicted molar refractivity (Wildman–Crippen MR) is 173 cm³/mol. The Morgan fingerprint density at radius 3 is 2.45 bits per heavy atom. The van der Waals surface area contributed by atoms with E-state index in [2.05, 4.69) is 5.32 Å². The quantitative estimate of drug-likeness (QED) is 0.307. The molecule has 8 nitrogen and oxygen atoms in total. The van der Waals surface area contributed by atoms with Crippen LogP contribution in [0.5, 0.6) is 5.75 Å². The van der Waals surface area contributed by atoms with Crippen molar-refractivity contribution >= 4 is 40.7 Å². The van der Waals surface area contributed by atoms with E-state index in [9.17, 15) is 19.5 Å². The summed E-state index contributed by atoms with van der Waals surface area (Å²) in [4.78, 5) is 45.9. The maximum absolute atomic E-state index is 14.4. The van der Waals surface area contributed by atoms with Gasteiger partial charge in [0.15, 0.2) is 11.5 Å². The minimum Gasteiger partial charge on any atom is -0.409 e. The minimum atomic E-state index is -0.740. The topological polar surface area (TPSA) is 99.2 Å². The second-order valence-electron chi connectivity index (χ2n) is 12.7. The summed E-state index contributed by atoms with van der Waals surface area (Å²) in [6.07, 6.45) is 10.8. The number of nitrogens with one attached hydrogen (secondary N) is 1. The van der Waals surface area contributed by atoms with Crippen molar-refractivity contribution in [2.75, 3.05) is 26.2 Å². The largest absolute Gasteiger partial charge is 0.415 e. The molecular weight excluding hydrogens is 598 g/mol. The van der Waals surface area contributed by atoms with Crippen molar-refractivity contribution in [2.24, 2.45) is 11.8 Å². The number of para-hydroxylation sites is 1. The molecule has 240 valence electrons. The summed E-state index contributed by atoms with van der Waals surface area (Å²) in [5.41, 5.74) is 0. The molecule has 1 saturated heterocycles. The SMILES string of the molecule is O=C(CCc1cccs1)[C@@H]1CN(C(=O)Oc2ccccc2Cl)CCN1C(=O)[C@@H](CC1CCCCC1)NC1CCC(CO)CC1. The Hall–Kier alpha value is -2.46. The van der Waals surface area contributed by atoms with Crippen LogP contribution in [0.4, 0.5) is 4.79 Å². The Labute approximate surface area is 270 Å². The number of piperazine rings is 1. The van der Waals surface area contributed by atoms with Crippen molar-refractivity contribution in [2.45, 2.75) is 95.2 Å². The monoisotopic (exact) mass is 643 g/mol. The molecule has 2 amide bonds. The summed E-state index contributed by atoms with van der Waals surface area (Å²) in [7, 11) is 0. The molecule has 2 N–H and O–H groups in total. The van der Waals surface area contributed by atoms with E-state index in [0.717, 1.165) is 49.8 Å². The number of thiophene rings is 1. The Bertz CT molecular complexity index is 1230. The molecule has 3 aliphatic rings. The van der Waals surface area contributed by atoms with Gasteiger partial charge in [-0.05, 0) is 73.9 Å². The Morgan fingerprint density at radius 1 is 0.977 bits per heavy atom. The van der Waals surface area contributed by atoms with Gasteiger partial charge in [-0.15, -0.1) is 11.3 Å². The highest BCUT2D eigenvalue weighted by Gasteiger charge is 2.40. The van der Waals surface area contributed by atoms with Gasteiger partial charge in [-0.2, -0.15) is 0 Å². The number of aliphatic hydroxyl groups excluding tert-OH is 1. The summed E-state index contributed by atoms with van der Waals surface area (Å²) >= 11 is 7.85. The van der Waals surface area contributed by atoms with Crippen LogP contribution in [0.3, 0.4) is 0 Å². The summed E-state index contributed by atoms with van der Waals surface area (Å²) in [6.45, 7) is 0.860. The van der Waals surface area contributed by atoms with Crippen LogP contribution < -0.4 is 10.1 Å². The molecule has 2 saturated carbocycles. The van der Waals surface area contributed by atoms with Crippen molar-refractivity contribution < 1.29 is 24.2 Å². The molecule has 5 rings (SSSR count). The van der Waals surface area contributed by atoms with Gasteiger partial charge in [0.05, 0.1) is 17.6 Å². The van der Waals surface area contributed by atoms with Gasteiger partial charge in [-0.3, -0.25) is 9.59 Å². The van der Waals surface area contributed by atoms with Gasteiger partial charge in [0, 0.05) is 37.0 Å². The summed E-state index contributed by atoms with van der Waals surface area (Å²) < 4.78 is 5.61. The van der Waals surface area contributed by atoms with Gasteiger partial charge in [0.1, 0.15) is 6.04 Å². The maximum atomic E-state index is 14.4. The van der Waals surface area contributed by atoms with Gasteiger partial charge in [-0.1, -0.05) is 61.9 Å². The van der Waals surface area contributed by atoms with E-state index in [1.54, 1.807) is 40.5 Å². The van der Waals surface area contributed by atoms with Crippen molar-refractivity contribution in [3.63, 3.8) is 0 Å². The Morgan fingerprint density at radius 2 is 1.75 bits per heavy atom. The van der Waals surface area contributed by atoms with Gasteiger partial charge in [0.2, 0.25) is 5.91 Å². The summed E-state index contributed by atoms with van der Waals surface area (Å²) in [5, 5.41) is 15.7. The summed E-state index contributed by atoms with van der Waals surface area (Å²) in [5.74, 6) is 1.02. The molecule has 2 aliphatic carbocycles. The maximum Gasteiger partial charge on any atom is 0.415 e. The lowest BCUT2D eigenvalue weighted by Crippen LogP contribution is -2.63. The third-order valence-electron chi connectivity index (χ3n) is 9.66. The first-order valence-corrected chi connectivity index (χ1v) is 17.6. The normalized spacial score (nSPS) is 23.7. The zero-order chi connectivity index (χ0) is 30.9. The molecule has 0 spiro atoms. The van der Waals surface area contributed by atoms with Crippen LogP contribution in [0.1, 0.15) is 75.5 Å². The van der Waals surface area contributed by atoms with Crippen LogP contribution >= 0.6 is 22.9 Å². The van der Waals surface area contributed by atoms with Crippen LogP contribution in [-0.2, 0) is 16.0 Å². The third kappa shape index (κ3) is 8.83. The fraction of sp³-hybridized carbons (Fsp3) is 0.618.